The highest BCUT2D eigenvalue weighted by Crippen LogP contribution is 2.02. The number of alkyl halides is 1. The first-order valence-electron chi connectivity index (χ1n) is 4.48. The van der Waals surface area contributed by atoms with E-state index in [1.807, 2.05) is 0 Å². The fraction of sp³-hybridized carbons (Fsp3) is 0.444. The van der Waals surface area contributed by atoms with Crippen LogP contribution in [0.2, 0.25) is 0 Å². The average molecular weight is 247 g/mol. The molecule has 0 saturated heterocycles. The topological polar surface area (TPSA) is 81.4 Å². The summed E-state index contributed by atoms with van der Waals surface area (Å²) in [5.41, 5.74) is 0.145. The molecular formula is C9H11ClN2O4. The first kappa shape index (κ1) is 12.5. The molecule has 0 aromatic carbocycles. The highest BCUT2D eigenvalue weighted by atomic mass is 35.5. The molecule has 1 aromatic rings. The van der Waals surface area contributed by atoms with E-state index in [1.54, 1.807) is 6.92 Å². The summed E-state index contributed by atoms with van der Waals surface area (Å²) >= 11 is 5.64. The zero-order valence-electron chi connectivity index (χ0n) is 8.82. The van der Waals surface area contributed by atoms with Crippen molar-refractivity contribution in [2.45, 2.75) is 12.3 Å². The Kier molecular flexibility index (Phi) is 4.30. The van der Waals surface area contributed by atoms with Gasteiger partial charge in [0.25, 0.3) is 5.91 Å². The van der Waals surface area contributed by atoms with Gasteiger partial charge in [0.1, 0.15) is 11.1 Å². The third-order valence-corrected chi connectivity index (χ3v) is 2.09. The molecule has 0 aliphatic heterocycles. The number of halogens is 1. The van der Waals surface area contributed by atoms with Crippen LogP contribution in [-0.4, -0.2) is 36.1 Å². The molecule has 1 rings (SSSR count). The Balaban J connectivity index is 2.44. The van der Waals surface area contributed by atoms with Crippen LogP contribution in [0.3, 0.4) is 0 Å². The van der Waals surface area contributed by atoms with Gasteiger partial charge in [-0.25, -0.2) is 0 Å². The second-order valence-corrected chi connectivity index (χ2v) is 3.55. The maximum Gasteiger partial charge on any atom is 0.325 e. The summed E-state index contributed by atoms with van der Waals surface area (Å²) in [5, 5.41) is 5.03. The number of aromatic nitrogens is 1. The summed E-state index contributed by atoms with van der Waals surface area (Å²) in [6.07, 6.45) is 0. The van der Waals surface area contributed by atoms with Gasteiger partial charge in [-0.2, -0.15) is 0 Å². The molecule has 1 amide bonds. The van der Waals surface area contributed by atoms with Gasteiger partial charge in [-0.15, -0.1) is 11.6 Å². The molecule has 6 nitrogen and oxygen atoms in total. The van der Waals surface area contributed by atoms with Crippen LogP contribution in [0, 0.1) is 6.92 Å². The maximum absolute atomic E-state index is 11.4. The molecule has 88 valence electrons. The molecule has 1 atom stereocenters. The summed E-state index contributed by atoms with van der Waals surface area (Å²) < 4.78 is 9.12. The van der Waals surface area contributed by atoms with Gasteiger partial charge in [-0.1, -0.05) is 5.16 Å². The minimum Gasteiger partial charge on any atom is -0.468 e. The molecule has 1 unspecified atom stereocenters. The van der Waals surface area contributed by atoms with Gasteiger partial charge in [0.15, 0.2) is 5.69 Å². The average Bonchev–Trinajstić information content (AvgIpc) is 2.71. The van der Waals surface area contributed by atoms with Crippen LogP contribution in [0.1, 0.15) is 16.2 Å². The number of aryl methyl sites for hydroxylation is 1. The van der Waals surface area contributed by atoms with E-state index in [9.17, 15) is 9.59 Å². The number of hydrogen-bond donors (Lipinski definition) is 1. The Morgan fingerprint density at radius 2 is 2.38 bits per heavy atom. The normalized spacial score (nSPS) is 11.9. The van der Waals surface area contributed by atoms with Crippen molar-refractivity contribution in [3.8, 4) is 0 Å². The molecule has 0 saturated carbocycles. The largest absolute Gasteiger partial charge is 0.468 e. The molecule has 0 aliphatic rings. The Hall–Kier alpha value is -1.56. The van der Waals surface area contributed by atoms with E-state index in [4.69, 9.17) is 16.1 Å². The number of carbonyl (C=O) groups excluding carboxylic acids is 2. The van der Waals surface area contributed by atoms with Crippen LogP contribution in [0.5, 0.6) is 0 Å². The lowest BCUT2D eigenvalue weighted by molar-refractivity contribution is -0.140. The second kappa shape index (κ2) is 5.50. The first-order chi connectivity index (χ1) is 7.54. The van der Waals surface area contributed by atoms with Gasteiger partial charge < -0.3 is 14.6 Å². The number of amides is 1. The minimum atomic E-state index is -0.915. The number of esters is 1. The zero-order valence-corrected chi connectivity index (χ0v) is 9.58. The minimum absolute atomic E-state index is 0.0288. The number of carbonyl (C=O) groups is 2. The van der Waals surface area contributed by atoms with Crippen molar-refractivity contribution >= 4 is 23.5 Å². The molecule has 0 fully saturated rings. The van der Waals surface area contributed by atoms with Crippen molar-refractivity contribution in [2.75, 3.05) is 13.7 Å². The van der Waals surface area contributed by atoms with Crippen LogP contribution in [-0.2, 0) is 9.53 Å². The number of nitrogens with one attached hydrogen (secondary N) is 1. The third kappa shape index (κ3) is 3.23. The van der Waals surface area contributed by atoms with Gasteiger partial charge >= 0.3 is 5.97 Å². The molecule has 0 spiro atoms. The van der Waals surface area contributed by atoms with Crippen LogP contribution in [0.4, 0.5) is 0 Å². The van der Waals surface area contributed by atoms with E-state index in [0.717, 1.165) is 0 Å². The second-order valence-electron chi connectivity index (χ2n) is 3.02. The Bertz CT molecular complexity index is 391. The van der Waals surface area contributed by atoms with Crippen molar-refractivity contribution in [1.82, 2.24) is 10.5 Å². The fourth-order valence-corrected chi connectivity index (χ4v) is 1.12. The smallest absolute Gasteiger partial charge is 0.325 e. The van der Waals surface area contributed by atoms with Crippen molar-refractivity contribution in [3.05, 3.63) is 17.5 Å². The van der Waals surface area contributed by atoms with Crippen LogP contribution in [0.15, 0.2) is 10.6 Å². The lowest BCUT2D eigenvalue weighted by Gasteiger charge is -2.07. The van der Waals surface area contributed by atoms with Crippen molar-refractivity contribution in [2.24, 2.45) is 0 Å². The van der Waals surface area contributed by atoms with Gasteiger partial charge in [-0.3, -0.25) is 9.59 Å². The SMILES string of the molecule is COC(=O)C(Cl)CNC(=O)c1cc(C)on1. The Morgan fingerprint density at radius 3 is 2.88 bits per heavy atom. The quantitative estimate of drug-likeness (QED) is 0.618. The van der Waals surface area contributed by atoms with Gasteiger partial charge in [-0.05, 0) is 6.92 Å². The number of ether oxygens (including phenoxy) is 1. The van der Waals surface area contributed by atoms with E-state index >= 15 is 0 Å². The van der Waals surface area contributed by atoms with Crippen molar-refractivity contribution < 1.29 is 18.8 Å². The summed E-state index contributed by atoms with van der Waals surface area (Å²) in [6, 6.07) is 1.48. The Labute approximate surface area is 96.9 Å². The third-order valence-electron chi connectivity index (χ3n) is 1.76. The van der Waals surface area contributed by atoms with Crippen molar-refractivity contribution in [3.63, 3.8) is 0 Å². The molecular weight excluding hydrogens is 236 g/mol. The Morgan fingerprint density at radius 1 is 1.69 bits per heavy atom. The van der Waals surface area contributed by atoms with Gasteiger partial charge in [0.05, 0.1) is 7.11 Å². The van der Waals surface area contributed by atoms with Gasteiger partial charge in [0.2, 0.25) is 0 Å². The molecule has 1 aromatic heterocycles. The number of methoxy groups -OCH3 is 1. The van der Waals surface area contributed by atoms with Crippen molar-refractivity contribution in [1.29, 1.82) is 0 Å². The van der Waals surface area contributed by atoms with E-state index in [-0.39, 0.29) is 12.2 Å². The number of hydrogen-bond acceptors (Lipinski definition) is 5. The number of rotatable bonds is 4. The summed E-state index contributed by atoms with van der Waals surface area (Å²) in [4.78, 5) is 22.4. The molecule has 1 heterocycles. The lowest BCUT2D eigenvalue weighted by Crippen LogP contribution is -2.34. The zero-order chi connectivity index (χ0) is 12.1. The lowest BCUT2D eigenvalue weighted by atomic mass is 10.3. The summed E-state index contributed by atoms with van der Waals surface area (Å²) in [7, 11) is 1.22. The maximum atomic E-state index is 11.4. The fourth-order valence-electron chi connectivity index (χ4n) is 0.957. The predicted molar refractivity (Wildman–Crippen MR) is 55.2 cm³/mol. The summed E-state index contributed by atoms with van der Waals surface area (Å²) in [5.74, 6) is -0.523. The molecule has 16 heavy (non-hydrogen) atoms. The molecule has 0 radical (unpaired) electrons. The predicted octanol–water partition coefficient (Wildman–Crippen LogP) is 0.493. The van der Waals surface area contributed by atoms with Crippen LogP contribution in [0.25, 0.3) is 0 Å². The van der Waals surface area contributed by atoms with E-state index in [1.165, 1.54) is 13.2 Å². The number of nitrogens with zero attached hydrogens (tertiary/aromatic N) is 1. The monoisotopic (exact) mass is 246 g/mol. The first-order valence-corrected chi connectivity index (χ1v) is 4.91. The highest BCUT2D eigenvalue weighted by molar-refractivity contribution is 6.30. The van der Waals surface area contributed by atoms with E-state index in [0.29, 0.717) is 5.76 Å². The molecule has 7 heteroatoms. The van der Waals surface area contributed by atoms with E-state index in [2.05, 4.69) is 15.2 Å². The standard InChI is InChI=1S/C9H11ClN2O4/c1-5-3-7(12-16-5)8(13)11-4-6(10)9(14)15-2/h3,6H,4H2,1-2H3,(H,11,13). The van der Waals surface area contributed by atoms with Gasteiger partial charge in [0, 0.05) is 12.6 Å². The molecule has 0 aliphatic carbocycles. The summed E-state index contributed by atoms with van der Waals surface area (Å²) in [6.45, 7) is 1.64. The van der Waals surface area contributed by atoms with Crippen LogP contribution >= 0.6 is 11.6 Å². The highest BCUT2D eigenvalue weighted by Gasteiger charge is 2.18. The van der Waals surface area contributed by atoms with Crippen LogP contribution < -0.4 is 5.32 Å². The molecule has 0 bridgehead atoms. The molecule has 1 N–H and O–H groups in total. The van der Waals surface area contributed by atoms with E-state index < -0.39 is 17.3 Å².